The van der Waals surface area contributed by atoms with E-state index in [9.17, 15) is 35.1 Å². The molecule has 0 fully saturated rings. The van der Waals surface area contributed by atoms with Gasteiger partial charge in [-0.05, 0) is 40.5 Å². The maximum absolute atomic E-state index is 13.3. The molecule has 0 spiro atoms. The monoisotopic (exact) mass is 357 g/mol. The molecule has 0 aliphatic rings. The molecular formula is C14H23F8N. The van der Waals surface area contributed by atoms with Gasteiger partial charge in [0.25, 0.3) is 0 Å². The Labute approximate surface area is 130 Å². The quantitative estimate of drug-likeness (QED) is 0.578. The van der Waals surface area contributed by atoms with Gasteiger partial charge >= 0.3 is 24.7 Å². The summed E-state index contributed by atoms with van der Waals surface area (Å²) in [6.07, 6.45) is -11.4. The smallest absolute Gasteiger partial charge is 0.307 e. The first kappa shape index (κ1) is 22.4. The summed E-state index contributed by atoms with van der Waals surface area (Å²) in [5.41, 5.74) is -2.21. The van der Waals surface area contributed by atoms with Gasteiger partial charge in [0.2, 0.25) is 0 Å². The van der Waals surface area contributed by atoms with Gasteiger partial charge in [-0.15, -0.1) is 0 Å². The van der Waals surface area contributed by atoms with E-state index in [4.69, 9.17) is 0 Å². The molecule has 0 atom stereocenters. The van der Waals surface area contributed by atoms with Crippen LogP contribution in [0.5, 0.6) is 0 Å². The fraction of sp³-hybridized carbons (Fsp3) is 1.00. The van der Waals surface area contributed by atoms with E-state index in [0.717, 1.165) is 0 Å². The Bertz CT molecular complexity index is 351. The van der Waals surface area contributed by atoms with Crippen LogP contribution in [0.4, 0.5) is 35.1 Å². The molecule has 0 saturated carbocycles. The summed E-state index contributed by atoms with van der Waals surface area (Å²) in [5.74, 6) is -10.9. The minimum Gasteiger partial charge on any atom is -0.307 e. The van der Waals surface area contributed by atoms with Crippen molar-refractivity contribution >= 4 is 0 Å². The van der Waals surface area contributed by atoms with Crippen LogP contribution in [0.3, 0.4) is 0 Å². The highest BCUT2D eigenvalue weighted by Gasteiger charge is 2.52. The molecule has 0 amide bonds. The number of rotatable bonds is 8. The van der Waals surface area contributed by atoms with E-state index in [1.54, 1.807) is 20.8 Å². The highest BCUT2D eigenvalue weighted by Crippen LogP contribution is 2.42. The Hall–Kier alpha value is -0.600. The lowest BCUT2D eigenvalue weighted by Crippen LogP contribution is -2.57. The van der Waals surface area contributed by atoms with Crippen molar-refractivity contribution in [2.45, 2.75) is 83.2 Å². The second-order valence-electron chi connectivity index (χ2n) is 7.33. The van der Waals surface area contributed by atoms with Crippen LogP contribution in [-0.4, -0.2) is 35.8 Å². The first-order chi connectivity index (χ1) is 9.91. The molecule has 0 aromatic carbocycles. The Morgan fingerprint density at radius 2 is 1.00 bits per heavy atom. The molecule has 23 heavy (non-hydrogen) atoms. The lowest BCUT2D eigenvalue weighted by molar-refractivity contribution is -0.172. The van der Waals surface area contributed by atoms with E-state index in [1.807, 2.05) is 0 Å². The Kier molecular flexibility index (Phi) is 6.92. The van der Waals surface area contributed by atoms with Gasteiger partial charge in [-0.3, -0.25) is 0 Å². The maximum atomic E-state index is 13.3. The van der Waals surface area contributed by atoms with Crippen LogP contribution in [0.2, 0.25) is 0 Å². The van der Waals surface area contributed by atoms with Crippen LogP contribution in [-0.2, 0) is 0 Å². The summed E-state index contributed by atoms with van der Waals surface area (Å²) in [5, 5.41) is 2.76. The molecular weight excluding hydrogens is 334 g/mol. The van der Waals surface area contributed by atoms with E-state index in [0.29, 0.717) is 0 Å². The minimum absolute atomic E-state index is 0.720. The summed E-state index contributed by atoms with van der Waals surface area (Å²) < 4.78 is 103. The Morgan fingerprint density at radius 3 is 1.22 bits per heavy atom. The molecule has 1 N–H and O–H groups in total. The lowest BCUT2D eigenvalue weighted by atomic mass is 9.77. The molecule has 0 radical (unpaired) electrons. The first-order valence-electron chi connectivity index (χ1n) is 7.02. The summed E-state index contributed by atoms with van der Waals surface area (Å²) in [7, 11) is 0. The minimum atomic E-state index is -4.54. The molecule has 0 aliphatic heterocycles. The summed E-state index contributed by atoms with van der Waals surface area (Å²) >= 11 is 0. The van der Waals surface area contributed by atoms with Crippen LogP contribution in [0, 0.1) is 5.92 Å². The summed E-state index contributed by atoms with van der Waals surface area (Å²) in [6, 6.07) is 0. The number of nitrogens with one attached hydrogen (secondary N) is 1. The predicted octanol–water partition coefficient (Wildman–Crippen LogP) is 5.35. The van der Waals surface area contributed by atoms with E-state index in [-0.39, 0.29) is 0 Å². The second-order valence-corrected chi connectivity index (χ2v) is 7.33. The standard InChI is InChI=1S/C14H23F8N/c1-11(2,3)23-12(4,5)8(6-13(19,20)9(15)16)7-14(21,22)10(17)18/h8-10,23H,6-7H2,1-5H3. The van der Waals surface area contributed by atoms with Crippen molar-refractivity contribution in [3.63, 3.8) is 0 Å². The average Bonchev–Trinajstić information content (AvgIpc) is 2.23. The van der Waals surface area contributed by atoms with Crippen LogP contribution in [0.15, 0.2) is 0 Å². The Morgan fingerprint density at radius 1 is 0.696 bits per heavy atom. The van der Waals surface area contributed by atoms with E-state index in [2.05, 4.69) is 5.32 Å². The zero-order valence-electron chi connectivity index (χ0n) is 13.7. The van der Waals surface area contributed by atoms with Gasteiger partial charge in [0.05, 0.1) is 0 Å². The fourth-order valence-electron chi connectivity index (χ4n) is 2.49. The maximum Gasteiger partial charge on any atom is 0.307 e. The van der Waals surface area contributed by atoms with Crippen molar-refractivity contribution in [2.75, 3.05) is 0 Å². The molecule has 140 valence electrons. The number of halogens is 8. The normalized spacial score (nSPS) is 15.1. The fourth-order valence-corrected chi connectivity index (χ4v) is 2.49. The van der Waals surface area contributed by atoms with Gasteiger partial charge in [-0.2, -0.15) is 0 Å². The summed E-state index contributed by atoms with van der Waals surface area (Å²) in [4.78, 5) is 0. The van der Waals surface area contributed by atoms with Gasteiger partial charge in [-0.25, -0.2) is 35.1 Å². The molecule has 0 bridgehead atoms. The van der Waals surface area contributed by atoms with Crippen LogP contribution < -0.4 is 5.32 Å². The third kappa shape index (κ3) is 7.22. The first-order valence-corrected chi connectivity index (χ1v) is 7.02. The molecule has 0 saturated heterocycles. The number of alkyl halides is 8. The van der Waals surface area contributed by atoms with Crippen molar-refractivity contribution in [3.05, 3.63) is 0 Å². The highest BCUT2D eigenvalue weighted by molar-refractivity contribution is 4.96. The predicted molar refractivity (Wildman–Crippen MR) is 71.6 cm³/mol. The molecule has 0 rings (SSSR count). The van der Waals surface area contributed by atoms with Crippen molar-refractivity contribution in [3.8, 4) is 0 Å². The highest BCUT2D eigenvalue weighted by atomic mass is 19.3. The van der Waals surface area contributed by atoms with Crippen molar-refractivity contribution < 1.29 is 35.1 Å². The van der Waals surface area contributed by atoms with Crippen molar-refractivity contribution in [2.24, 2.45) is 5.92 Å². The second kappa shape index (κ2) is 7.11. The number of hydrogen-bond donors (Lipinski definition) is 1. The third-order valence-corrected chi connectivity index (χ3v) is 3.39. The van der Waals surface area contributed by atoms with Crippen molar-refractivity contribution in [1.82, 2.24) is 5.32 Å². The molecule has 9 heteroatoms. The SMILES string of the molecule is CC(C)(C)NC(C)(C)C(CC(F)(F)C(F)F)CC(F)(F)C(F)F. The van der Waals surface area contributed by atoms with Gasteiger partial charge in [-0.1, -0.05) is 0 Å². The van der Waals surface area contributed by atoms with Gasteiger partial charge in [0.15, 0.2) is 0 Å². The van der Waals surface area contributed by atoms with Crippen LogP contribution >= 0.6 is 0 Å². The van der Waals surface area contributed by atoms with E-state index in [1.165, 1.54) is 13.8 Å². The van der Waals surface area contributed by atoms with Crippen molar-refractivity contribution in [1.29, 1.82) is 0 Å². The van der Waals surface area contributed by atoms with E-state index >= 15 is 0 Å². The number of hydrogen-bond acceptors (Lipinski definition) is 1. The molecule has 0 aromatic heterocycles. The Balaban J connectivity index is 5.54. The molecule has 0 aromatic rings. The van der Waals surface area contributed by atoms with Gasteiger partial charge in [0.1, 0.15) is 0 Å². The summed E-state index contributed by atoms with van der Waals surface area (Å²) in [6.45, 7) is 7.35. The third-order valence-electron chi connectivity index (χ3n) is 3.39. The topological polar surface area (TPSA) is 12.0 Å². The zero-order chi connectivity index (χ0) is 18.9. The largest absolute Gasteiger partial charge is 0.307 e. The zero-order valence-corrected chi connectivity index (χ0v) is 13.7. The molecule has 1 nitrogen and oxygen atoms in total. The van der Waals surface area contributed by atoms with Crippen LogP contribution in [0.25, 0.3) is 0 Å². The van der Waals surface area contributed by atoms with Crippen LogP contribution in [0.1, 0.15) is 47.5 Å². The van der Waals surface area contributed by atoms with Gasteiger partial charge < -0.3 is 5.32 Å². The van der Waals surface area contributed by atoms with E-state index < -0.39 is 54.5 Å². The molecule has 0 heterocycles. The molecule has 0 unspecified atom stereocenters. The van der Waals surface area contributed by atoms with Gasteiger partial charge in [0, 0.05) is 23.9 Å². The molecule has 0 aliphatic carbocycles. The average molecular weight is 357 g/mol. The lowest BCUT2D eigenvalue weighted by Gasteiger charge is -2.43.